The van der Waals surface area contributed by atoms with E-state index in [2.05, 4.69) is 10.2 Å². The van der Waals surface area contributed by atoms with Gasteiger partial charge < -0.3 is 5.11 Å². The molecule has 1 aliphatic rings. The number of fused-ring (bicyclic) bond motifs is 3. The maximum atomic E-state index is 10.9. The highest BCUT2D eigenvalue weighted by molar-refractivity contribution is 5.89. The van der Waals surface area contributed by atoms with E-state index in [1.54, 1.807) is 12.1 Å². The summed E-state index contributed by atoms with van der Waals surface area (Å²) in [5.74, 6) is -0.876. The summed E-state index contributed by atoms with van der Waals surface area (Å²) < 4.78 is 0. The first kappa shape index (κ1) is 10.1. The second kappa shape index (κ2) is 3.73. The first-order chi connectivity index (χ1) is 8.25. The number of aryl methyl sites for hydroxylation is 2. The quantitative estimate of drug-likeness (QED) is 0.786. The topological polar surface area (TPSA) is 66.0 Å². The molecule has 0 atom stereocenters. The summed E-state index contributed by atoms with van der Waals surface area (Å²) in [7, 11) is 0. The predicted octanol–water partition coefficient (Wildman–Crippen LogP) is 2.26. The standard InChI is InChI=1S/C13H12N2O2/c16-13(17)9-4-5-11-8(6-9)2-1-3-10-7-14-15-12(10)11/h4-7H,1-3H2,(H,14,15)(H,16,17). The molecule has 0 spiro atoms. The predicted molar refractivity (Wildman–Crippen MR) is 63.0 cm³/mol. The lowest BCUT2D eigenvalue weighted by molar-refractivity contribution is 0.0697. The molecule has 2 N–H and O–H groups in total. The number of carboxylic acids is 1. The number of aromatic carboxylic acids is 1. The van der Waals surface area contributed by atoms with E-state index in [9.17, 15) is 4.79 Å². The van der Waals surface area contributed by atoms with Gasteiger partial charge in [0, 0.05) is 11.8 Å². The van der Waals surface area contributed by atoms with Gasteiger partial charge in [-0.3, -0.25) is 5.10 Å². The van der Waals surface area contributed by atoms with Crippen molar-refractivity contribution in [2.75, 3.05) is 0 Å². The highest BCUT2D eigenvalue weighted by Gasteiger charge is 2.17. The average Bonchev–Trinajstić information content (AvgIpc) is 2.71. The smallest absolute Gasteiger partial charge is 0.335 e. The van der Waals surface area contributed by atoms with E-state index in [1.165, 1.54) is 5.56 Å². The average molecular weight is 228 g/mol. The largest absolute Gasteiger partial charge is 0.478 e. The summed E-state index contributed by atoms with van der Waals surface area (Å²) >= 11 is 0. The normalized spacial score (nSPS) is 13.6. The fraction of sp³-hybridized carbons (Fsp3) is 0.231. The Bertz CT molecular complexity index is 587. The zero-order valence-electron chi connectivity index (χ0n) is 9.23. The number of carboxylic acid groups (broad SMARTS) is 1. The number of carbonyl (C=O) groups is 1. The third-order valence-electron chi connectivity index (χ3n) is 3.22. The van der Waals surface area contributed by atoms with Crippen LogP contribution in [0.3, 0.4) is 0 Å². The molecule has 4 nitrogen and oxygen atoms in total. The highest BCUT2D eigenvalue weighted by atomic mass is 16.4. The Labute approximate surface area is 98.3 Å². The van der Waals surface area contributed by atoms with Gasteiger partial charge >= 0.3 is 5.97 Å². The van der Waals surface area contributed by atoms with Crippen LogP contribution in [0.25, 0.3) is 11.3 Å². The van der Waals surface area contributed by atoms with E-state index < -0.39 is 5.97 Å². The molecule has 0 aliphatic heterocycles. The molecular formula is C13H12N2O2. The molecule has 17 heavy (non-hydrogen) atoms. The Morgan fingerprint density at radius 2 is 2.12 bits per heavy atom. The second-order valence-corrected chi connectivity index (χ2v) is 4.29. The van der Waals surface area contributed by atoms with Gasteiger partial charge in [-0.1, -0.05) is 6.07 Å². The maximum Gasteiger partial charge on any atom is 0.335 e. The van der Waals surface area contributed by atoms with Gasteiger partial charge in [0.25, 0.3) is 0 Å². The highest BCUT2D eigenvalue weighted by Crippen LogP contribution is 2.31. The molecule has 1 aliphatic carbocycles. The Kier molecular flexibility index (Phi) is 2.21. The number of benzene rings is 1. The van der Waals surface area contributed by atoms with Crippen LogP contribution in [0.1, 0.15) is 27.9 Å². The molecule has 0 unspecified atom stereocenters. The minimum atomic E-state index is -0.876. The fourth-order valence-corrected chi connectivity index (χ4v) is 2.37. The first-order valence-corrected chi connectivity index (χ1v) is 5.65. The molecule has 0 saturated carbocycles. The summed E-state index contributed by atoms with van der Waals surface area (Å²) in [6, 6.07) is 5.27. The van der Waals surface area contributed by atoms with Gasteiger partial charge in [-0.25, -0.2) is 4.79 Å². The van der Waals surface area contributed by atoms with Crippen molar-refractivity contribution in [1.29, 1.82) is 0 Å². The Morgan fingerprint density at radius 1 is 1.29 bits per heavy atom. The van der Waals surface area contributed by atoms with Crippen LogP contribution in [-0.2, 0) is 12.8 Å². The number of aromatic amines is 1. The van der Waals surface area contributed by atoms with Crippen LogP contribution in [-0.4, -0.2) is 21.3 Å². The number of nitrogens with zero attached hydrogens (tertiary/aromatic N) is 1. The number of nitrogens with one attached hydrogen (secondary N) is 1. The van der Waals surface area contributed by atoms with Gasteiger partial charge in [-0.05, 0) is 42.5 Å². The lowest BCUT2D eigenvalue weighted by Crippen LogP contribution is -1.99. The molecule has 1 aromatic heterocycles. The van der Waals surface area contributed by atoms with Crippen LogP contribution in [0.5, 0.6) is 0 Å². The van der Waals surface area contributed by atoms with Crippen LogP contribution < -0.4 is 0 Å². The van der Waals surface area contributed by atoms with Crippen molar-refractivity contribution in [3.05, 3.63) is 41.1 Å². The van der Waals surface area contributed by atoms with Crippen LogP contribution in [0.2, 0.25) is 0 Å². The SMILES string of the molecule is O=C(O)c1ccc2c(c1)CCCc1c[nH]nc1-2. The lowest BCUT2D eigenvalue weighted by Gasteiger charge is -2.06. The summed E-state index contributed by atoms with van der Waals surface area (Å²) in [5.41, 5.74) is 4.67. The molecule has 0 saturated heterocycles. The number of H-pyrrole nitrogens is 1. The molecule has 3 rings (SSSR count). The van der Waals surface area contributed by atoms with Crippen LogP contribution in [0.15, 0.2) is 24.4 Å². The zero-order valence-corrected chi connectivity index (χ0v) is 9.23. The van der Waals surface area contributed by atoms with Crippen molar-refractivity contribution in [2.45, 2.75) is 19.3 Å². The van der Waals surface area contributed by atoms with E-state index in [-0.39, 0.29) is 0 Å². The molecule has 4 heteroatoms. The molecule has 1 aromatic carbocycles. The molecule has 0 radical (unpaired) electrons. The van der Waals surface area contributed by atoms with Gasteiger partial charge in [0.05, 0.1) is 11.3 Å². The summed E-state index contributed by atoms with van der Waals surface area (Å²) in [6.45, 7) is 0. The van der Waals surface area contributed by atoms with Crippen LogP contribution in [0, 0.1) is 0 Å². The molecule has 2 aromatic rings. The van der Waals surface area contributed by atoms with Crippen LogP contribution in [0.4, 0.5) is 0 Å². The van der Waals surface area contributed by atoms with Crippen molar-refractivity contribution in [3.8, 4) is 11.3 Å². The number of rotatable bonds is 1. The van der Waals surface area contributed by atoms with E-state index in [1.807, 2.05) is 12.3 Å². The van der Waals surface area contributed by atoms with Gasteiger partial charge in [0.2, 0.25) is 0 Å². The third kappa shape index (κ3) is 1.62. The molecule has 1 heterocycles. The van der Waals surface area contributed by atoms with E-state index >= 15 is 0 Å². The van der Waals surface area contributed by atoms with Gasteiger partial charge in [-0.15, -0.1) is 0 Å². The van der Waals surface area contributed by atoms with E-state index in [0.29, 0.717) is 5.56 Å². The minimum absolute atomic E-state index is 0.350. The number of aromatic nitrogens is 2. The second-order valence-electron chi connectivity index (χ2n) is 4.29. The van der Waals surface area contributed by atoms with Crippen molar-refractivity contribution in [2.24, 2.45) is 0 Å². The molecule has 0 amide bonds. The monoisotopic (exact) mass is 228 g/mol. The van der Waals surface area contributed by atoms with E-state index in [4.69, 9.17) is 5.11 Å². The molecule has 0 bridgehead atoms. The van der Waals surface area contributed by atoms with Gasteiger partial charge in [0.1, 0.15) is 0 Å². The number of hydrogen-bond donors (Lipinski definition) is 2. The third-order valence-corrected chi connectivity index (χ3v) is 3.22. The van der Waals surface area contributed by atoms with Gasteiger partial charge in [0.15, 0.2) is 0 Å². The van der Waals surface area contributed by atoms with E-state index in [0.717, 1.165) is 36.1 Å². The van der Waals surface area contributed by atoms with Crippen molar-refractivity contribution in [3.63, 3.8) is 0 Å². The zero-order chi connectivity index (χ0) is 11.8. The summed E-state index contributed by atoms with van der Waals surface area (Å²) in [6.07, 6.45) is 4.86. The molecular weight excluding hydrogens is 216 g/mol. The lowest BCUT2D eigenvalue weighted by atomic mass is 10.00. The molecule has 86 valence electrons. The van der Waals surface area contributed by atoms with Crippen LogP contribution >= 0.6 is 0 Å². The minimum Gasteiger partial charge on any atom is -0.478 e. The Morgan fingerprint density at radius 3 is 2.94 bits per heavy atom. The fourth-order valence-electron chi connectivity index (χ4n) is 2.37. The Hall–Kier alpha value is -2.10. The van der Waals surface area contributed by atoms with Crippen molar-refractivity contribution in [1.82, 2.24) is 10.2 Å². The number of hydrogen-bond acceptors (Lipinski definition) is 2. The maximum absolute atomic E-state index is 10.9. The van der Waals surface area contributed by atoms with Gasteiger partial charge in [-0.2, -0.15) is 5.10 Å². The van der Waals surface area contributed by atoms with Crippen molar-refractivity contribution < 1.29 is 9.90 Å². The van der Waals surface area contributed by atoms with Crippen molar-refractivity contribution >= 4 is 5.97 Å². The Balaban J connectivity index is 2.18. The first-order valence-electron chi connectivity index (χ1n) is 5.65. The molecule has 0 fully saturated rings. The summed E-state index contributed by atoms with van der Waals surface area (Å²) in [5, 5.41) is 16.1. The summed E-state index contributed by atoms with van der Waals surface area (Å²) in [4.78, 5) is 10.9.